The first kappa shape index (κ1) is 40.2. The topological polar surface area (TPSA) is 40.6 Å². The molecule has 0 aliphatic heterocycles. The predicted molar refractivity (Wildman–Crippen MR) is 298 cm³/mol. The highest BCUT2D eigenvalue weighted by Gasteiger charge is 2.39. The van der Waals surface area contributed by atoms with Gasteiger partial charge < -0.3 is 4.57 Å². The Kier molecular flexibility index (Phi) is 7.51. The highest BCUT2D eigenvalue weighted by molar-refractivity contribution is 6.15. The van der Waals surface area contributed by atoms with Gasteiger partial charge in [0.05, 0.1) is 38.8 Å². The van der Waals surface area contributed by atoms with Crippen LogP contribution in [0.25, 0.3) is 116 Å². The van der Waals surface area contributed by atoms with Crippen molar-refractivity contribution in [1.82, 2.24) is 23.9 Å². The molecule has 0 unspecified atom stereocenters. The van der Waals surface area contributed by atoms with Gasteiger partial charge in [-0.05, 0) is 121 Å². The van der Waals surface area contributed by atoms with Crippen LogP contribution in [0.1, 0.15) is 74.9 Å². The molecule has 342 valence electrons. The fourth-order valence-electron chi connectivity index (χ4n) is 14.0. The van der Waals surface area contributed by atoms with Gasteiger partial charge in [0.2, 0.25) is 0 Å². The van der Waals surface area contributed by atoms with E-state index in [0.29, 0.717) is 0 Å². The quantitative estimate of drug-likeness (QED) is 0.177. The number of benzene rings is 9. The van der Waals surface area contributed by atoms with Gasteiger partial charge in [-0.2, -0.15) is 0 Å². The summed E-state index contributed by atoms with van der Waals surface area (Å²) in [6, 6.07) is 70.5. The van der Waals surface area contributed by atoms with Crippen LogP contribution in [0.4, 0.5) is 0 Å². The molecule has 0 saturated heterocycles. The lowest BCUT2D eigenvalue weighted by Gasteiger charge is -2.22. The average molecular weight is 924 g/mol. The zero-order valence-corrected chi connectivity index (χ0v) is 41.1. The van der Waals surface area contributed by atoms with Crippen LogP contribution in [0, 0.1) is 0 Å². The SMILES string of the molecule is CC1(C)c2ccccc2-c2cc3c(cc21)c1ccccc1n3-c1cc(-n2c3ccccc3c3cc4c(cc32)-c2ccccc2C4(C)C)c(-n2c3ccccc3c3cc4c(cc32)-c2ccccc2C4(C)C)nn1. The molecule has 0 N–H and O–H groups in total. The Bertz CT molecular complexity index is 4600. The normalized spacial score (nSPS) is 15.4. The van der Waals surface area contributed by atoms with Crippen molar-refractivity contribution in [1.29, 1.82) is 0 Å². The molecule has 3 aliphatic carbocycles. The standard InChI is InChI=1S/C67H49N5/c1-65(2)50-25-13-7-19-38(50)44-34-59-47(31-53(44)65)41-22-10-16-28-56(41)70(59)62-37-63(71-57-29-17-11-23-42(57)48-32-54-45(35-60(48)71)39-20-8-14-26-51(39)66(54,3)4)68-69-64(62)72-58-30-18-12-24-43(58)49-33-55-46(36-61(49)72)40-21-9-15-27-52(40)67(55,5)6/h7-37H,1-6H3. The van der Waals surface area contributed by atoms with Crippen LogP contribution in [0.5, 0.6) is 0 Å². The number of aromatic nitrogens is 5. The van der Waals surface area contributed by atoms with Gasteiger partial charge in [-0.3, -0.25) is 9.13 Å². The second-order valence-corrected chi connectivity index (χ2v) is 22.2. The predicted octanol–water partition coefficient (Wildman–Crippen LogP) is 16.7. The number of para-hydroxylation sites is 3. The lowest BCUT2D eigenvalue weighted by atomic mass is 9.82. The molecule has 4 aromatic heterocycles. The fourth-order valence-corrected chi connectivity index (χ4v) is 14.0. The van der Waals surface area contributed by atoms with E-state index in [9.17, 15) is 0 Å². The maximum atomic E-state index is 5.56. The Balaban J connectivity index is 1.05. The third-order valence-electron chi connectivity index (χ3n) is 17.6. The lowest BCUT2D eigenvalue weighted by molar-refractivity contribution is 0.661. The molecule has 0 bridgehead atoms. The first-order valence-corrected chi connectivity index (χ1v) is 25.4. The van der Waals surface area contributed by atoms with Crippen molar-refractivity contribution in [2.24, 2.45) is 0 Å². The molecule has 0 amide bonds. The smallest absolute Gasteiger partial charge is 0.184 e. The molecule has 0 spiro atoms. The van der Waals surface area contributed by atoms with Gasteiger partial charge in [-0.15, -0.1) is 10.2 Å². The van der Waals surface area contributed by atoms with Crippen LogP contribution < -0.4 is 0 Å². The fraction of sp³-hybridized carbons (Fsp3) is 0.134. The van der Waals surface area contributed by atoms with Gasteiger partial charge in [0.1, 0.15) is 0 Å². The molecule has 0 atom stereocenters. The third-order valence-corrected chi connectivity index (χ3v) is 17.6. The maximum absolute atomic E-state index is 5.56. The minimum absolute atomic E-state index is 0.134. The van der Waals surface area contributed by atoms with Crippen molar-refractivity contribution in [2.75, 3.05) is 0 Å². The van der Waals surface area contributed by atoms with Crippen molar-refractivity contribution in [3.63, 3.8) is 0 Å². The van der Waals surface area contributed by atoms with Gasteiger partial charge in [0.15, 0.2) is 11.6 Å². The summed E-state index contributed by atoms with van der Waals surface area (Å²) in [6.45, 7) is 14.2. The molecular weight excluding hydrogens is 875 g/mol. The van der Waals surface area contributed by atoms with E-state index in [2.05, 4.69) is 243 Å². The Morgan fingerprint density at radius 2 is 0.625 bits per heavy atom. The summed E-state index contributed by atoms with van der Waals surface area (Å²) in [4.78, 5) is 0. The molecular formula is C67H49N5. The van der Waals surface area contributed by atoms with E-state index in [-0.39, 0.29) is 16.2 Å². The molecule has 5 nitrogen and oxygen atoms in total. The van der Waals surface area contributed by atoms with Crippen LogP contribution in [0.2, 0.25) is 0 Å². The minimum atomic E-state index is -0.150. The van der Waals surface area contributed by atoms with Gasteiger partial charge in [-0.25, -0.2) is 0 Å². The Labute approximate surface area is 417 Å². The molecule has 16 rings (SSSR count). The molecule has 0 fully saturated rings. The summed E-state index contributed by atoms with van der Waals surface area (Å²) in [5.41, 5.74) is 23.1. The molecule has 0 saturated carbocycles. The molecule has 9 aromatic carbocycles. The highest BCUT2D eigenvalue weighted by atomic mass is 15.3. The number of rotatable bonds is 3. The third kappa shape index (κ3) is 4.88. The van der Waals surface area contributed by atoms with E-state index < -0.39 is 0 Å². The van der Waals surface area contributed by atoms with Crippen LogP contribution >= 0.6 is 0 Å². The van der Waals surface area contributed by atoms with Crippen molar-refractivity contribution in [3.05, 3.63) is 221 Å². The Hall–Kier alpha value is -8.54. The number of hydrogen-bond donors (Lipinski definition) is 0. The van der Waals surface area contributed by atoms with E-state index in [1.165, 1.54) is 99.1 Å². The van der Waals surface area contributed by atoms with Crippen molar-refractivity contribution in [2.45, 2.75) is 57.8 Å². The largest absolute Gasteiger partial charge is 0.306 e. The van der Waals surface area contributed by atoms with E-state index >= 15 is 0 Å². The summed E-state index contributed by atoms with van der Waals surface area (Å²) in [5.74, 6) is 1.54. The van der Waals surface area contributed by atoms with E-state index in [1.54, 1.807) is 0 Å². The molecule has 5 heteroatoms. The maximum Gasteiger partial charge on any atom is 0.184 e. The molecule has 13 aromatic rings. The summed E-state index contributed by atoms with van der Waals surface area (Å²) < 4.78 is 7.25. The van der Waals surface area contributed by atoms with E-state index in [4.69, 9.17) is 10.2 Å². The monoisotopic (exact) mass is 923 g/mol. The molecule has 4 heterocycles. The van der Waals surface area contributed by atoms with Crippen molar-refractivity contribution >= 4 is 65.4 Å². The molecule has 0 radical (unpaired) electrons. The molecule has 72 heavy (non-hydrogen) atoms. The summed E-state index contributed by atoms with van der Waals surface area (Å²) in [7, 11) is 0. The van der Waals surface area contributed by atoms with Gasteiger partial charge in [0, 0.05) is 54.6 Å². The van der Waals surface area contributed by atoms with E-state index in [1.807, 2.05) is 0 Å². The minimum Gasteiger partial charge on any atom is -0.306 e. The zero-order chi connectivity index (χ0) is 48.2. The number of hydrogen-bond acceptors (Lipinski definition) is 2. The average Bonchev–Trinajstić information content (AvgIpc) is 4.18. The van der Waals surface area contributed by atoms with Gasteiger partial charge in [-0.1, -0.05) is 169 Å². The lowest BCUT2D eigenvalue weighted by Crippen LogP contribution is -2.15. The van der Waals surface area contributed by atoms with Crippen LogP contribution in [0.15, 0.2) is 188 Å². The highest BCUT2D eigenvalue weighted by Crippen LogP contribution is 2.54. The van der Waals surface area contributed by atoms with Crippen LogP contribution in [0.3, 0.4) is 0 Å². The second kappa shape index (κ2) is 13.4. The molecule has 3 aliphatic rings. The zero-order valence-electron chi connectivity index (χ0n) is 41.1. The van der Waals surface area contributed by atoms with E-state index in [0.717, 1.165) is 50.4 Å². The Morgan fingerprint density at radius 1 is 0.278 bits per heavy atom. The number of fused-ring (bicyclic) bond motifs is 18. The Morgan fingerprint density at radius 3 is 1.07 bits per heavy atom. The van der Waals surface area contributed by atoms with Gasteiger partial charge >= 0.3 is 0 Å². The first-order valence-electron chi connectivity index (χ1n) is 25.4. The van der Waals surface area contributed by atoms with Crippen molar-refractivity contribution < 1.29 is 0 Å². The summed E-state index contributed by atoms with van der Waals surface area (Å²) in [5, 5.41) is 18.2. The van der Waals surface area contributed by atoms with Gasteiger partial charge in [0.25, 0.3) is 0 Å². The number of nitrogens with zero attached hydrogens (tertiary/aromatic N) is 5. The van der Waals surface area contributed by atoms with Crippen molar-refractivity contribution in [3.8, 4) is 50.7 Å². The van der Waals surface area contributed by atoms with Crippen LogP contribution in [-0.2, 0) is 16.2 Å². The first-order chi connectivity index (χ1) is 35.0. The van der Waals surface area contributed by atoms with Crippen LogP contribution in [-0.4, -0.2) is 23.9 Å². The second-order valence-electron chi connectivity index (χ2n) is 22.2. The summed E-state index contributed by atoms with van der Waals surface area (Å²) >= 11 is 0. The summed E-state index contributed by atoms with van der Waals surface area (Å²) in [6.07, 6.45) is 0.